The van der Waals surface area contributed by atoms with E-state index in [4.69, 9.17) is 0 Å². The number of aliphatic hydroxyl groups excluding tert-OH is 1. The lowest BCUT2D eigenvalue weighted by Gasteiger charge is -2.31. The molecule has 0 aromatic heterocycles. The van der Waals surface area contributed by atoms with E-state index >= 15 is 0 Å². The van der Waals surface area contributed by atoms with Crippen molar-refractivity contribution < 1.29 is 23.1 Å². The molecule has 0 aliphatic heterocycles. The van der Waals surface area contributed by atoms with Gasteiger partial charge in [0.15, 0.2) is 6.10 Å². The molecule has 1 aliphatic carbocycles. The number of rotatable bonds is 3. The van der Waals surface area contributed by atoms with E-state index in [0.29, 0.717) is 18.4 Å². The maximum Gasteiger partial charge on any atom is 0.391 e. The molecule has 3 nitrogen and oxygen atoms in total. The lowest BCUT2D eigenvalue weighted by atomic mass is 9.85. The molecule has 1 aromatic rings. The first-order valence-corrected chi connectivity index (χ1v) is 6.98. The summed E-state index contributed by atoms with van der Waals surface area (Å²) in [6.45, 7) is 0. The number of amides is 1. The number of hydrogen-bond acceptors (Lipinski definition) is 2. The van der Waals surface area contributed by atoms with Gasteiger partial charge in [-0.1, -0.05) is 36.8 Å². The molecular formula is C15H18F3NO2. The van der Waals surface area contributed by atoms with Gasteiger partial charge in [-0.25, -0.2) is 0 Å². The minimum atomic E-state index is -4.22. The van der Waals surface area contributed by atoms with Crippen LogP contribution in [0.15, 0.2) is 30.3 Å². The molecule has 0 heterocycles. The maximum atomic E-state index is 12.7. The standard InChI is InChI=1S/C15H18F3NO2/c16-15(17,18)11-7-4-8-12(9-11)19-14(21)13(20)10-5-2-1-3-6-10/h1-3,5-6,11-13,20H,4,7-9H2,(H,19,21). The van der Waals surface area contributed by atoms with E-state index in [-0.39, 0.29) is 12.8 Å². The van der Waals surface area contributed by atoms with E-state index < -0.39 is 30.1 Å². The Morgan fingerprint density at radius 2 is 1.90 bits per heavy atom. The monoisotopic (exact) mass is 301 g/mol. The molecule has 116 valence electrons. The van der Waals surface area contributed by atoms with E-state index in [9.17, 15) is 23.1 Å². The number of aliphatic hydroxyl groups is 1. The highest BCUT2D eigenvalue weighted by Crippen LogP contribution is 2.37. The summed E-state index contributed by atoms with van der Waals surface area (Å²) in [6.07, 6.45) is -4.64. The second-order valence-corrected chi connectivity index (χ2v) is 5.42. The van der Waals surface area contributed by atoms with Crippen molar-refractivity contribution in [2.75, 3.05) is 0 Å². The van der Waals surface area contributed by atoms with Gasteiger partial charge in [0.2, 0.25) is 0 Å². The van der Waals surface area contributed by atoms with Gasteiger partial charge in [0, 0.05) is 6.04 Å². The summed E-state index contributed by atoms with van der Waals surface area (Å²) in [6, 6.07) is 7.80. The molecule has 1 saturated carbocycles. The van der Waals surface area contributed by atoms with Gasteiger partial charge in [-0.15, -0.1) is 0 Å². The van der Waals surface area contributed by atoms with Crippen LogP contribution in [-0.2, 0) is 4.79 Å². The molecule has 2 N–H and O–H groups in total. The van der Waals surface area contributed by atoms with Crippen LogP contribution in [0.1, 0.15) is 37.4 Å². The average Bonchev–Trinajstić information content (AvgIpc) is 2.47. The first-order chi connectivity index (χ1) is 9.88. The summed E-state index contributed by atoms with van der Waals surface area (Å²) in [5, 5.41) is 12.4. The second-order valence-electron chi connectivity index (χ2n) is 5.42. The van der Waals surface area contributed by atoms with Crippen LogP contribution in [0, 0.1) is 5.92 Å². The summed E-state index contributed by atoms with van der Waals surface area (Å²) in [5.41, 5.74) is 0.429. The molecule has 0 bridgehead atoms. The predicted molar refractivity (Wildman–Crippen MR) is 71.3 cm³/mol. The molecule has 1 fully saturated rings. The van der Waals surface area contributed by atoms with Gasteiger partial charge >= 0.3 is 6.18 Å². The fourth-order valence-electron chi connectivity index (χ4n) is 2.69. The van der Waals surface area contributed by atoms with Gasteiger partial charge in [-0.2, -0.15) is 13.2 Å². The zero-order valence-electron chi connectivity index (χ0n) is 11.4. The zero-order valence-corrected chi connectivity index (χ0v) is 11.4. The zero-order chi connectivity index (χ0) is 15.5. The van der Waals surface area contributed by atoms with Crippen LogP contribution >= 0.6 is 0 Å². The molecule has 1 amide bonds. The fourth-order valence-corrected chi connectivity index (χ4v) is 2.69. The van der Waals surface area contributed by atoms with Gasteiger partial charge in [-0.3, -0.25) is 4.79 Å². The van der Waals surface area contributed by atoms with E-state index in [1.54, 1.807) is 30.3 Å². The quantitative estimate of drug-likeness (QED) is 0.902. The lowest BCUT2D eigenvalue weighted by Crippen LogP contribution is -2.43. The van der Waals surface area contributed by atoms with E-state index in [2.05, 4.69) is 5.32 Å². The van der Waals surface area contributed by atoms with Gasteiger partial charge in [0.05, 0.1) is 5.92 Å². The first kappa shape index (κ1) is 15.8. The SMILES string of the molecule is O=C(NC1CCCC(C(F)(F)F)C1)C(O)c1ccccc1. The molecule has 1 aromatic carbocycles. The molecule has 0 saturated heterocycles. The van der Waals surface area contributed by atoms with Crippen molar-refractivity contribution in [3.8, 4) is 0 Å². The summed E-state index contributed by atoms with van der Waals surface area (Å²) in [4.78, 5) is 11.9. The van der Waals surface area contributed by atoms with Crippen LogP contribution in [0.4, 0.5) is 13.2 Å². The first-order valence-electron chi connectivity index (χ1n) is 6.98. The van der Waals surface area contributed by atoms with Crippen LogP contribution in [0.25, 0.3) is 0 Å². The van der Waals surface area contributed by atoms with Gasteiger partial charge < -0.3 is 10.4 Å². The number of hydrogen-bond donors (Lipinski definition) is 2. The third-order valence-electron chi connectivity index (χ3n) is 3.85. The van der Waals surface area contributed by atoms with E-state index in [1.165, 1.54) is 0 Å². The number of halogens is 3. The van der Waals surface area contributed by atoms with Gasteiger partial charge in [-0.05, 0) is 24.8 Å². The Morgan fingerprint density at radius 3 is 2.52 bits per heavy atom. The molecule has 0 spiro atoms. The van der Waals surface area contributed by atoms with Crippen molar-refractivity contribution in [2.45, 2.75) is 44.0 Å². The van der Waals surface area contributed by atoms with Crippen molar-refractivity contribution >= 4 is 5.91 Å². The minimum Gasteiger partial charge on any atom is -0.378 e. The fraction of sp³-hybridized carbons (Fsp3) is 0.533. The topological polar surface area (TPSA) is 49.3 Å². The highest BCUT2D eigenvalue weighted by Gasteiger charge is 2.42. The number of carbonyl (C=O) groups excluding carboxylic acids is 1. The smallest absolute Gasteiger partial charge is 0.378 e. The number of benzene rings is 1. The van der Waals surface area contributed by atoms with Crippen molar-refractivity contribution in [2.24, 2.45) is 5.92 Å². The molecular weight excluding hydrogens is 283 g/mol. The molecule has 3 unspecified atom stereocenters. The number of nitrogens with one attached hydrogen (secondary N) is 1. The van der Waals surface area contributed by atoms with Gasteiger partial charge in [0.1, 0.15) is 0 Å². The molecule has 6 heteroatoms. The van der Waals surface area contributed by atoms with Crippen LogP contribution in [-0.4, -0.2) is 23.2 Å². The summed E-state index contributed by atoms with van der Waals surface area (Å²) >= 11 is 0. The van der Waals surface area contributed by atoms with Crippen molar-refractivity contribution in [3.63, 3.8) is 0 Å². The van der Waals surface area contributed by atoms with Crippen molar-refractivity contribution in [3.05, 3.63) is 35.9 Å². The summed E-state index contributed by atoms with van der Waals surface area (Å²) in [5.74, 6) is -2.01. The van der Waals surface area contributed by atoms with Crippen LogP contribution < -0.4 is 5.32 Å². The summed E-state index contributed by atoms with van der Waals surface area (Å²) in [7, 11) is 0. The third kappa shape index (κ3) is 4.20. The van der Waals surface area contributed by atoms with E-state index in [0.717, 1.165) is 0 Å². The normalized spacial score (nSPS) is 24.4. The van der Waals surface area contributed by atoms with Crippen LogP contribution in [0.2, 0.25) is 0 Å². The Labute approximate surface area is 121 Å². The maximum absolute atomic E-state index is 12.7. The Balaban J connectivity index is 1.93. The second kappa shape index (κ2) is 6.47. The number of alkyl halides is 3. The van der Waals surface area contributed by atoms with Crippen molar-refractivity contribution in [1.82, 2.24) is 5.32 Å². The lowest BCUT2D eigenvalue weighted by molar-refractivity contribution is -0.184. The largest absolute Gasteiger partial charge is 0.391 e. The third-order valence-corrected chi connectivity index (χ3v) is 3.85. The molecule has 1 aliphatic rings. The highest BCUT2D eigenvalue weighted by atomic mass is 19.4. The van der Waals surface area contributed by atoms with E-state index in [1.807, 2.05) is 0 Å². The molecule has 3 atom stereocenters. The Kier molecular flexibility index (Phi) is 4.88. The van der Waals surface area contributed by atoms with Gasteiger partial charge in [0.25, 0.3) is 5.91 Å². The molecule has 21 heavy (non-hydrogen) atoms. The highest BCUT2D eigenvalue weighted by molar-refractivity contribution is 5.82. The number of carbonyl (C=O) groups is 1. The Morgan fingerprint density at radius 1 is 1.24 bits per heavy atom. The molecule has 0 radical (unpaired) electrons. The average molecular weight is 301 g/mol. The summed E-state index contributed by atoms with van der Waals surface area (Å²) < 4.78 is 38.1. The molecule has 2 rings (SSSR count). The Bertz CT molecular complexity index is 476. The predicted octanol–water partition coefficient (Wildman–Crippen LogP) is 2.96. The van der Waals surface area contributed by atoms with Crippen LogP contribution in [0.3, 0.4) is 0 Å². The Hall–Kier alpha value is -1.56. The van der Waals surface area contributed by atoms with Crippen molar-refractivity contribution in [1.29, 1.82) is 0 Å². The van der Waals surface area contributed by atoms with Crippen LogP contribution in [0.5, 0.6) is 0 Å². The minimum absolute atomic E-state index is 0.108.